The fourth-order valence-electron chi connectivity index (χ4n) is 1.96. The van der Waals surface area contributed by atoms with Gasteiger partial charge >= 0.3 is 0 Å². The number of hydrogen-bond acceptors (Lipinski definition) is 4. The average molecular weight is 290 g/mol. The van der Waals surface area contributed by atoms with E-state index in [4.69, 9.17) is 0 Å². The first-order valence-corrected chi connectivity index (χ1v) is 8.37. The highest BCUT2D eigenvalue weighted by molar-refractivity contribution is 7.91. The van der Waals surface area contributed by atoms with Gasteiger partial charge in [-0.2, -0.15) is 0 Å². The quantitative estimate of drug-likeness (QED) is 0.769. The first-order chi connectivity index (χ1) is 8.74. The van der Waals surface area contributed by atoms with Crippen LogP contribution in [0.15, 0.2) is 0 Å². The van der Waals surface area contributed by atoms with Crippen molar-refractivity contribution in [1.82, 2.24) is 10.2 Å². The van der Waals surface area contributed by atoms with Gasteiger partial charge in [0.1, 0.15) is 5.54 Å². The molecule has 1 aliphatic heterocycles. The molecule has 2 amide bonds. The van der Waals surface area contributed by atoms with E-state index >= 15 is 0 Å². The van der Waals surface area contributed by atoms with Gasteiger partial charge in [0.2, 0.25) is 11.8 Å². The van der Waals surface area contributed by atoms with Crippen LogP contribution in [0.25, 0.3) is 0 Å². The molecule has 1 rings (SSSR count). The SMILES string of the molecule is CCC1(C)NC(=O)CCN(CCS(=O)(=O)CC)C1=O. The Labute approximate surface area is 114 Å². The van der Waals surface area contributed by atoms with Crippen molar-refractivity contribution in [1.29, 1.82) is 0 Å². The van der Waals surface area contributed by atoms with Gasteiger partial charge in [0.15, 0.2) is 9.84 Å². The van der Waals surface area contributed by atoms with Crippen molar-refractivity contribution in [2.75, 3.05) is 24.6 Å². The van der Waals surface area contributed by atoms with Crippen LogP contribution in [0, 0.1) is 0 Å². The Balaban J connectivity index is 2.83. The molecule has 0 aliphatic carbocycles. The third-order valence-corrected chi connectivity index (χ3v) is 5.29. The van der Waals surface area contributed by atoms with Crippen molar-refractivity contribution in [2.24, 2.45) is 0 Å². The lowest BCUT2D eigenvalue weighted by molar-refractivity contribution is -0.138. The molecule has 1 N–H and O–H groups in total. The second-order valence-corrected chi connectivity index (χ2v) is 7.49. The second-order valence-electron chi connectivity index (χ2n) is 5.01. The summed E-state index contributed by atoms with van der Waals surface area (Å²) in [4.78, 5) is 25.4. The van der Waals surface area contributed by atoms with E-state index in [-0.39, 0.29) is 42.8 Å². The van der Waals surface area contributed by atoms with Gasteiger partial charge in [0.05, 0.1) is 5.75 Å². The van der Waals surface area contributed by atoms with Crippen molar-refractivity contribution in [3.63, 3.8) is 0 Å². The Morgan fingerprint density at radius 2 is 1.95 bits per heavy atom. The standard InChI is InChI=1S/C12H22N2O4S/c1-4-12(3)11(16)14(7-6-10(15)13-12)8-9-19(17,18)5-2/h4-9H2,1-3H3,(H,13,15). The molecule has 0 aromatic rings. The van der Waals surface area contributed by atoms with Crippen LogP contribution in [0.5, 0.6) is 0 Å². The molecule has 110 valence electrons. The molecule has 1 heterocycles. The molecule has 1 unspecified atom stereocenters. The molecule has 19 heavy (non-hydrogen) atoms. The van der Waals surface area contributed by atoms with Gasteiger partial charge in [0.25, 0.3) is 0 Å². The lowest BCUT2D eigenvalue weighted by atomic mass is 9.97. The highest BCUT2D eigenvalue weighted by Gasteiger charge is 2.39. The van der Waals surface area contributed by atoms with Gasteiger partial charge in [-0.3, -0.25) is 9.59 Å². The Bertz CT molecular complexity index is 460. The summed E-state index contributed by atoms with van der Waals surface area (Å²) in [7, 11) is -3.11. The Morgan fingerprint density at radius 1 is 1.32 bits per heavy atom. The lowest BCUT2D eigenvalue weighted by Gasteiger charge is -2.31. The number of nitrogens with one attached hydrogen (secondary N) is 1. The van der Waals surface area contributed by atoms with Crippen LogP contribution in [0.2, 0.25) is 0 Å². The van der Waals surface area contributed by atoms with E-state index in [1.54, 1.807) is 13.8 Å². The predicted octanol–water partition coefficient (Wildman–Crippen LogP) is -0.0617. The van der Waals surface area contributed by atoms with Gasteiger partial charge in [-0.15, -0.1) is 0 Å². The Morgan fingerprint density at radius 3 is 2.47 bits per heavy atom. The zero-order valence-corrected chi connectivity index (χ0v) is 12.5. The summed E-state index contributed by atoms with van der Waals surface area (Å²) in [6, 6.07) is 0. The number of amides is 2. The Kier molecular flexibility index (Phi) is 4.95. The van der Waals surface area contributed by atoms with Crippen LogP contribution in [0.1, 0.15) is 33.6 Å². The zero-order chi connectivity index (χ0) is 14.7. The third kappa shape index (κ3) is 3.92. The summed E-state index contributed by atoms with van der Waals surface area (Å²) in [5.74, 6) is -0.355. The van der Waals surface area contributed by atoms with E-state index in [1.807, 2.05) is 6.92 Å². The van der Waals surface area contributed by atoms with Crippen LogP contribution >= 0.6 is 0 Å². The first-order valence-electron chi connectivity index (χ1n) is 6.55. The van der Waals surface area contributed by atoms with Crippen LogP contribution in [-0.4, -0.2) is 55.3 Å². The molecule has 1 saturated heterocycles. The smallest absolute Gasteiger partial charge is 0.248 e. The highest BCUT2D eigenvalue weighted by atomic mass is 32.2. The molecule has 1 atom stereocenters. The number of sulfone groups is 1. The monoisotopic (exact) mass is 290 g/mol. The number of carbonyl (C=O) groups excluding carboxylic acids is 2. The molecular formula is C12H22N2O4S. The van der Waals surface area contributed by atoms with Crippen molar-refractivity contribution < 1.29 is 18.0 Å². The van der Waals surface area contributed by atoms with E-state index in [1.165, 1.54) is 4.90 Å². The molecule has 1 aliphatic rings. The maximum Gasteiger partial charge on any atom is 0.248 e. The van der Waals surface area contributed by atoms with Crippen LogP contribution in [-0.2, 0) is 19.4 Å². The highest BCUT2D eigenvalue weighted by Crippen LogP contribution is 2.17. The molecule has 0 saturated carbocycles. The van der Waals surface area contributed by atoms with Crippen LogP contribution < -0.4 is 5.32 Å². The molecule has 0 radical (unpaired) electrons. The molecule has 0 aromatic carbocycles. The lowest BCUT2D eigenvalue weighted by Crippen LogP contribution is -2.55. The second kappa shape index (κ2) is 5.90. The largest absolute Gasteiger partial charge is 0.342 e. The summed E-state index contributed by atoms with van der Waals surface area (Å²) in [6.45, 7) is 5.52. The summed E-state index contributed by atoms with van der Waals surface area (Å²) < 4.78 is 23.0. The van der Waals surface area contributed by atoms with Gasteiger partial charge in [-0.25, -0.2) is 8.42 Å². The van der Waals surface area contributed by atoms with Crippen molar-refractivity contribution >= 4 is 21.7 Å². The normalized spacial score (nSPS) is 25.1. The third-order valence-electron chi connectivity index (χ3n) is 3.60. The summed E-state index contributed by atoms with van der Waals surface area (Å²) in [6.07, 6.45) is 0.697. The predicted molar refractivity (Wildman–Crippen MR) is 72.4 cm³/mol. The van der Waals surface area contributed by atoms with E-state index in [9.17, 15) is 18.0 Å². The average Bonchev–Trinajstić information content (AvgIpc) is 2.47. The minimum absolute atomic E-state index is 0.0524. The number of carbonyl (C=O) groups is 2. The maximum absolute atomic E-state index is 12.4. The molecule has 0 aromatic heterocycles. The summed E-state index contributed by atoms with van der Waals surface area (Å²) in [5, 5.41) is 2.72. The van der Waals surface area contributed by atoms with E-state index in [0.29, 0.717) is 6.42 Å². The van der Waals surface area contributed by atoms with Crippen molar-refractivity contribution in [3.05, 3.63) is 0 Å². The maximum atomic E-state index is 12.4. The Hall–Kier alpha value is -1.11. The summed E-state index contributed by atoms with van der Waals surface area (Å²) >= 11 is 0. The minimum Gasteiger partial charge on any atom is -0.342 e. The van der Waals surface area contributed by atoms with E-state index in [0.717, 1.165) is 0 Å². The topological polar surface area (TPSA) is 83.6 Å². The van der Waals surface area contributed by atoms with Gasteiger partial charge < -0.3 is 10.2 Å². The summed E-state index contributed by atoms with van der Waals surface area (Å²) in [5.41, 5.74) is -0.927. The molecule has 1 fully saturated rings. The van der Waals surface area contributed by atoms with Crippen molar-refractivity contribution in [3.8, 4) is 0 Å². The fourth-order valence-corrected chi connectivity index (χ4v) is 2.74. The van der Waals surface area contributed by atoms with Gasteiger partial charge in [-0.05, 0) is 13.3 Å². The minimum atomic E-state index is -3.11. The number of rotatable bonds is 5. The van der Waals surface area contributed by atoms with Crippen LogP contribution in [0.4, 0.5) is 0 Å². The van der Waals surface area contributed by atoms with Gasteiger partial charge in [-0.1, -0.05) is 13.8 Å². The molecular weight excluding hydrogens is 268 g/mol. The fraction of sp³-hybridized carbons (Fsp3) is 0.833. The molecule has 0 spiro atoms. The first kappa shape index (κ1) is 15.9. The van der Waals surface area contributed by atoms with E-state index in [2.05, 4.69) is 5.32 Å². The molecule has 6 nitrogen and oxygen atoms in total. The van der Waals surface area contributed by atoms with Crippen molar-refractivity contribution in [2.45, 2.75) is 39.2 Å². The van der Waals surface area contributed by atoms with E-state index < -0.39 is 15.4 Å². The zero-order valence-electron chi connectivity index (χ0n) is 11.7. The van der Waals surface area contributed by atoms with Gasteiger partial charge in [0, 0.05) is 25.3 Å². The molecule has 0 bridgehead atoms. The number of hydrogen-bond donors (Lipinski definition) is 1. The number of nitrogens with zero attached hydrogens (tertiary/aromatic N) is 1. The van der Waals surface area contributed by atoms with Crippen LogP contribution in [0.3, 0.4) is 0 Å². The molecule has 7 heteroatoms.